The average Bonchev–Trinajstić information content (AvgIpc) is 2.48. The van der Waals surface area contributed by atoms with Gasteiger partial charge in [-0.1, -0.05) is 22.9 Å². The van der Waals surface area contributed by atoms with Crippen LogP contribution >= 0.6 is 15.9 Å². The van der Waals surface area contributed by atoms with Crippen molar-refractivity contribution in [2.45, 2.75) is 32.7 Å². The second-order valence-electron chi connectivity index (χ2n) is 5.57. The van der Waals surface area contributed by atoms with Gasteiger partial charge in [0.15, 0.2) is 0 Å². The maximum Gasteiger partial charge on any atom is 0.238 e. The molecule has 0 radical (unpaired) electrons. The van der Waals surface area contributed by atoms with Gasteiger partial charge >= 0.3 is 0 Å². The van der Waals surface area contributed by atoms with Gasteiger partial charge in [-0.15, -0.1) is 0 Å². The van der Waals surface area contributed by atoms with Crippen LogP contribution in [0.4, 0.5) is 5.69 Å². The highest BCUT2D eigenvalue weighted by Gasteiger charge is 2.21. The number of anilines is 1. The molecule has 2 rings (SSSR count). The lowest BCUT2D eigenvalue weighted by atomic mass is 10.1. The average molecular weight is 354 g/mol. The normalized spacial score (nSPS) is 18.8. The van der Waals surface area contributed by atoms with E-state index in [1.54, 1.807) is 0 Å². The molecule has 4 nitrogen and oxygen atoms in total. The van der Waals surface area contributed by atoms with Crippen LogP contribution in [0, 0.1) is 6.92 Å². The van der Waals surface area contributed by atoms with Crippen molar-refractivity contribution in [2.24, 2.45) is 0 Å². The van der Waals surface area contributed by atoms with Crippen molar-refractivity contribution in [3.05, 3.63) is 28.2 Å². The van der Waals surface area contributed by atoms with Gasteiger partial charge in [0.25, 0.3) is 0 Å². The van der Waals surface area contributed by atoms with Crippen molar-refractivity contribution in [1.82, 2.24) is 10.2 Å². The van der Waals surface area contributed by atoms with Crippen LogP contribution in [0.1, 0.15) is 25.3 Å². The monoisotopic (exact) mass is 353 g/mol. The topological polar surface area (TPSA) is 44.4 Å². The fourth-order valence-electron chi connectivity index (χ4n) is 2.79. The summed E-state index contributed by atoms with van der Waals surface area (Å²) in [5.41, 5.74) is 1.96. The van der Waals surface area contributed by atoms with Gasteiger partial charge in [0.1, 0.15) is 0 Å². The van der Waals surface area contributed by atoms with Gasteiger partial charge in [0.05, 0.1) is 6.54 Å². The fourth-order valence-corrected chi connectivity index (χ4v) is 3.26. The minimum atomic E-state index is 0.0628. The molecular formula is C16H24BrN3O. The smallest absolute Gasteiger partial charge is 0.238 e. The van der Waals surface area contributed by atoms with Gasteiger partial charge in [0, 0.05) is 22.7 Å². The molecule has 116 valence electrons. The molecule has 0 spiro atoms. The van der Waals surface area contributed by atoms with E-state index in [2.05, 4.69) is 38.4 Å². The molecule has 21 heavy (non-hydrogen) atoms. The van der Waals surface area contributed by atoms with Crippen molar-refractivity contribution in [2.75, 3.05) is 31.5 Å². The first-order chi connectivity index (χ1) is 10.1. The van der Waals surface area contributed by atoms with Crippen LogP contribution in [0.25, 0.3) is 0 Å². The highest BCUT2D eigenvalue weighted by atomic mass is 79.9. The zero-order chi connectivity index (χ0) is 15.2. The van der Waals surface area contributed by atoms with Gasteiger partial charge in [-0.05, 0) is 56.6 Å². The van der Waals surface area contributed by atoms with E-state index >= 15 is 0 Å². The number of hydrogen-bond acceptors (Lipinski definition) is 3. The van der Waals surface area contributed by atoms with Crippen LogP contribution in [-0.4, -0.2) is 43.0 Å². The van der Waals surface area contributed by atoms with E-state index < -0.39 is 0 Å². The molecule has 0 aromatic heterocycles. The number of nitrogens with zero attached hydrogens (tertiary/aromatic N) is 1. The Balaban J connectivity index is 1.92. The number of amides is 1. The summed E-state index contributed by atoms with van der Waals surface area (Å²) in [7, 11) is 0. The van der Waals surface area contributed by atoms with E-state index in [-0.39, 0.29) is 5.91 Å². The molecule has 1 unspecified atom stereocenters. The van der Waals surface area contributed by atoms with E-state index in [0.29, 0.717) is 12.6 Å². The number of rotatable bonds is 5. The van der Waals surface area contributed by atoms with Crippen molar-refractivity contribution in [3.63, 3.8) is 0 Å². The summed E-state index contributed by atoms with van der Waals surface area (Å²) in [4.78, 5) is 14.5. The number of likely N-dealkylation sites (N-methyl/N-ethyl adjacent to an activating group) is 1. The van der Waals surface area contributed by atoms with Crippen molar-refractivity contribution >= 4 is 27.5 Å². The molecule has 1 fully saturated rings. The van der Waals surface area contributed by atoms with E-state index in [1.165, 1.54) is 12.8 Å². The minimum Gasteiger partial charge on any atom is -0.325 e. The third-order valence-corrected chi connectivity index (χ3v) is 4.50. The molecule has 1 saturated heterocycles. The number of piperidine rings is 1. The second kappa shape index (κ2) is 7.92. The molecule has 1 aliphatic rings. The molecule has 0 saturated carbocycles. The molecule has 1 atom stereocenters. The standard InChI is InChI=1S/C16H24BrN3O/c1-3-20(14-5-4-8-18-10-14)11-16(21)19-15-7-6-13(17)9-12(15)2/h6-7,9,14,18H,3-5,8,10-11H2,1-2H3,(H,19,21). The molecule has 0 bridgehead atoms. The Morgan fingerprint density at radius 1 is 1.52 bits per heavy atom. The minimum absolute atomic E-state index is 0.0628. The summed E-state index contributed by atoms with van der Waals surface area (Å²) < 4.78 is 1.03. The molecule has 1 amide bonds. The van der Waals surface area contributed by atoms with Gasteiger partial charge < -0.3 is 10.6 Å². The largest absolute Gasteiger partial charge is 0.325 e. The summed E-state index contributed by atoms with van der Waals surface area (Å²) >= 11 is 3.44. The van der Waals surface area contributed by atoms with Gasteiger partial charge in [-0.3, -0.25) is 9.69 Å². The van der Waals surface area contributed by atoms with Crippen molar-refractivity contribution in [1.29, 1.82) is 0 Å². The number of benzene rings is 1. The maximum absolute atomic E-state index is 12.3. The Morgan fingerprint density at radius 2 is 2.33 bits per heavy atom. The molecule has 5 heteroatoms. The van der Waals surface area contributed by atoms with Crippen LogP contribution < -0.4 is 10.6 Å². The van der Waals surface area contributed by atoms with E-state index in [4.69, 9.17) is 0 Å². The van der Waals surface area contributed by atoms with Crippen LogP contribution in [0.2, 0.25) is 0 Å². The van der Waals surface area contributed by atoms with Crippen molar-refractivity contribution in [3.8, 4) is 0 Å². The number of carbonyl (C=O) groups excluding carboxylic acids is 1. The maximum atomic E-state index is 12.3. The third-order valence-electron chi connectivity index (χ3n) is 4.00. The SMILES string of the molecule is CCN(CC(=O)Nc1ccc(Br)cc1C)C1CCCNC1. The first-order valence-corrected chi connectivity index (χ1v) is 8.40. The summed E-state index contributed by atoms with van der Waals surface area (Å²) in [5.74, 6) is 0.0628. The zero-order valence-corrected chi connectivity index (χ0v) is 14.4. The highest BCUT2D eigenvalue weighted by Crippen LogP contribution is 2.20. The highest BCUT2D eigenvalue weighted by molar-refractivity contribution is 9.10. The molecule has 1 aromatic rings. The number of aryl methyl sites for hydroxylation is 1. The van der Waals surface area contributed by atoms with Gasteiger partial charge in [0.2, 0.25) is 5.91 Å². The summed E-state index contributed by atoms with van der Waals surface area (Å²) in [6.07, 6.45) is 2.36. The lowest BCUT2D eigenvalue weighted by molar-refractivity contribution is -0.117. The Bertz CT molecular complexity index is 486. The van der Waals surface area contributed by atoms with Gasteiger partial charge in [-0.2, -0.15) is 0 Å². The Morgan fingerprint density at radius 3 is 2.95 bits per heavy atom. The molecule has 2 N–H and O–H groups in total. The third kappa shape index (κ3) is 4.80. The lowest BCUT2D eigenvalue weighted by Crippen LogP contribution is -2.48. The quantitative estimate of drug-likeness (QED) is 0.855. The molecule has 1 aliphatic heterocycles. The summed E-state index contributed by atoms with van der Waals surface area (Å²) in [6, 6.07) is 6.37. The number of carbonyl (C=O) groups is 1. The fraction of sp³-hybridized carbons (Fsp3) is 0.562. The Labute approximate surface area is 135 Å². The summed E-state index contributed by atoms with van der Waals surface area (Å²) in [6.45, 7) is 7.56. The Hall–Kier alpha value is -0.910. The van der Waals surface area contributed by atoms with Crippen LogP contribution in [-0.2, 0) is 4.79 Å². The van der Waals surface area contributed by atoms with Crippen LogP contribution in [0.5, 0.6) is 0 Å². The van der Waals surface area contributed by atoms with E-state index in [1.807, 2.05) is 25.1 Å². The molecule has 0 aliphatic carbocycles. The zero-order valence-electron chi connectivity index (χ0n) is 12.8. The number of hydrogen-bond donors (Lipinski definition) is 2. The predicted octanol–water partition coefficient (Wildman–Crippen LogP) is 2.77. The first-order valence-electron chi connectivity index (χ1n) is 7.61. The number of nitrogens with one attached hydrogen (secondary N) is 2. The summed E-state index contributed by atoms with van der Waals surface area (Å²) in [5, 5.41) is 6.43. The van der Waals surface area contributed by atoms with Gasteiger partial charge in [-0.25, -0.2) is 0 Å². The molecule has 1 aromatic carbocycles. The lowest BCUT2D eigenvalue weighted by Gasteiger charge is -2.33. The predicted molar refractivity (Wildman–Crippen MR) is 90.6 cm³/mol. The van der Waals surface area contributed by atoms with Crippen LogP contribution in [0.3, 0.4) is 0 Å². The first kappa shape index (κ1) is 16.5. The molecular weight excluding hydrogens is 330 g/mol. The Kier molecular flexibility index (Phi) is 6.21. The molecule has 1 heterocycles. The van der Waals surface area contributed by atoms with E-state index in [9.17, 15) is 4.79 Å². The number of halogens is 1. The second-order valence-corrected chi connectivity index (χ2v) is 6.49. The van der Waals surface area contributed by atoms with E-state index in [0.717, 1.165) is 35.4 Å². The van der Waals surface area contributed by atoms with Crippen LogP contribution in [0.15, 0.2) is 22.7 Å². The van der Waals surface area contributed by atoms with Crippen molar-refractivity contribution < 1.29 is 4.79 Å².